The Bertz CT molecular complexity index is 1040. The fraction of sp³-hybridized carbons (Fsp3) is 0.316. The minimum atomic E-state index is -4.34. The molecule has 2 atom stereocenters. The van der Waals surface area contributed by atoms with Crippen LogP contribution in [-0.2, 0) is 19.6 Å². The van der Waals surface area contributed by atoms with Crippen molar-refractivity contribution in [2.75, 3.05) is 20.8 Å². The van der Waals surface area contributed by atoms with Gasteiger partial charge in [0.1, 0.15) is 12.1 Å². The van der Waals surface area contributed by atoms with Gasteiger partial charge >= 0.3 is 5.97 Å². The number of benzene rings is 2. The molecule has 168 valence electrons. The maximum atomic E-state index is 12.7. The molecule has 0 saturated carbocycles. The number of non-ortho nitro benzene ring substituents is 1. The van der Waals surface area contributed by atoms with Crippen LogP contribution in [0.4, 0.5) is 5.69 Å². The van der Waals surface area contributed by atoms with Crippen molar-refractivity contribution in [2.45, 2.75) is 24.0 Å². The monoisotopic (exact) mass is 454 g/mol. The summed E-state index contributed by atoms with van der Waals surface area (Å²) < 4.78 is 42.8. The highest BCUT2D eigenvalue weighted by molar-refractivity contribution is 7.89. The summed E-state index contributed by atoms with van der Waals surface area (Å²) in [6.45, 7) is 1.48. The van der Waals surface area contributed by atoms with E-state index in [2.05, 4.69) is 4.72 Å². The zero-order valence-corrected chi connectivity index (χ0v) is 17.8. The summed E-state index contributed by atoms with van der Waals surface area (Å²) in [4.78, 5) is 22.2. The summed E-state index contributed by atoms with van der Waals surface area (Å²) >= 11 is 0. The SMILES string of the molecule is CCOC(=O)C(NS(=O)(=O)c1ccc([N+](=O)[O-])cc1)C(O)c1ccc(OC)c(OC)c1. The predicted octanol–water partition coefficient (Wildman–Crippen LogP) is 1.56. The van der Waals surface area contributed by atoms with Gasteiger partial charge in [-0.2, -0.15) is 4.72 Å². The number of nitro groups is 1. The van der Waals surface area contributed by atoms with Crippen LogP contribution < -0.4 is 14.2 Å². The summed E-state index contributed by atoms with van der Waals surface area (Å²) in [7, 11) is -1.53. The molecular formula is C19H22N2O9S. The molecule has 2 rings (SSSR count). The number of aliphatic hydroxyl groups excluding tert-OH is 1. The molecule has 0 bridgehead atoms. The van der Waals surface area contributed by atoms with Crippen LogP contribution in [0.15, 0.2) is 47.4 Å². The third-order valence-electron chi connectivity index (χ3n) is 4.25. The van der Waals surface area contributed by atoms with Gasteiger partial charge in [-0.25, -0.2) is 8.42 Å². The zero-order chi connectivity index (χ0) is 23.2. The van der Waals surface area contributed by atoms with Gasteiger partial charge < -0.3 is 19.3 Å². The van der Waals surface area contributed by atoms with Crippen LogP contribution >= 0.6 is 0 Å². The Kier molecular flexibility index (Phi) is 7.91. The molecule has 0 spiro atoms. The lowest BCUT2D eigenvalue weighted by Crippen LogP contribution is -2.45. The standard InChI is InChI=1S/C19H22N2O9S/c1-4-30-19(23)17(18(22)12-5-10-15(28-2)16(11-12)29-3)20-31(26,27)14-8-6-13(7-9-14)21(24)25/h5-11,17-18,20,22H,4H2,1-3H3. The fourth-order valence-corrected chi connectivity index (χ4v) is 3.87. The normalized spacial score (nSPS) is 13.2. The lowest BCUT2D eigenvalue weighted by molar-refractivity contribution is -0.384. The van der Waals surface area contributed by atoms with Crippen molar-refractivity contribution in [3.63, 3.8) is 0 Å². The van der Waals surface area contributed by atoms with E-state index < -0.39 is 33.1 Å². The number of esters is 1. The number of hydrogen-bond donors (Lipinski definition) is 2. The van der Waals surface area contributed by atoms with E-state index in [1.54, 1.807) is 0 Å². The van der Waals surface area contributed by atoms with Crippen LogP contribution in [0.2, 0.25) is 0 Å². The Morgan fingerprint density at radius 2 is 1.74 bits per heavy atom. The highest BCUT2D eigenvalue weighted by Gasteiger charge is 2.34. The van der Waals surface area contributed by atoms with E-state index in [1.165, 1.54) is 39.3 Å². The topological polar surface area (TPSA) is 154 Å². The number of hydrogen-bond acceptors (Lipinski definition) is 9. The molecule has 0 radical (unpaired) electrons. The highest BCUT2D eigenvalue weighted by atomic mass is 32.2. The van der Waals surface area contributed by atoms with E-state index in [0.717, 1.165) is 24.3 Å². The second-order valence-corrected chi connectivity index (χ2v) is 7.88. The molecule has 0 aliphatic carbocycles. The Labute approximate surface area is 178 Å². The van der Waals surface area contributed by atoms with Gasteiger partial charge in [0.2, 0.25) is 10.0 Å². The number of sulfonamides is 1. The summed E-state index contributed by atoms with van der Waals surface area (Å²) in [6, 6.07) is 6.70. The summed E-state index contributed by atoms with van der Waals surface area (Å²) in [5, 5.41) is 21.5. The molecule has 2 N–H and O–H groups in total. The number of nitrogens with zero attached hydrogens (tertiary/aromatic N) is 1. The van der Waals surface area contributed by atoms with E-state index >= 15 is 0 Å². The average Bonchev–Trinajstić information content (AvgIpc) is 2.76. The van der Waals surface area contributed by atoms with Crippen molar-refractivity contribution in [1.82, 2.24) is 4.72 Å². The van der Waals surface area contributed by atoms with Crippen molar-refractivity contribution in [1.29, 1.82) is 0 Å². The molecule has 12 heteroatoms. The quantitative estimate of drug-likeness (QED) is 0.309. The third-order valence-corrected chi connectivity index (χ3v) is 5.70. The van der Waals surface area contributed by atoms with Crippen LogP contribution in [0, 0.1) is 10.1 Å². The van der Waals surface area contributed by atoms with Crippen LogP contribution in [0.25, 0.3) is 0 Å². The lowest BCUT2D eigenvalue weighted by Gasteiger charge is -2.23. The van der Waals surface area contributed by atoms with Crippen molar-refractivity contribution in [2.24, 2.45) is 0 Å². The van der Waals surface area contributed by atoms with E-state index in [9.17, 15) is 28.4 Å². The molecule has 2 aromatic rings. The lowest BCUT2D eigenvalue weighted by atomic mass is 10.0. The maximum Gasteiger partial charge on any atom is 0.327 e. The summed E-state index contributed by atoms with van der Waals surface area (Å²) in [5.74, 6) is -0.368. The van der Waals surface area contributed by atoms with E-state index in [4.69, 9.17) is 14.2 Å². The Hall–Kier alpha value is -3.22. The van der Waals surface area contributed by atoms with Gasteiger partial charge in [-0.3, -0.25) is 14.9 Å². The number of nitro benzene ring substituents is 1. The molecule has 0 aromatic heterocycles. The molecule has 2 aromatic carbocycles. The molecule has 0 saturated heterocycles. The van der Waals surface area contributed by atoms with Crippen molar-refractivity contribution in [3.05, 3.63) is 58.1 Å². The summed E-state index contributed by atoms with van der Waals surface area (Å²) in [6.07, 6.45) is -1.63. The van der Waals surface area contributed by atoms with E-state index in [0.29, 0.717) is 5.75 Å². The zero-order valence-electron chi connectivity index (χ0n) is 17.0. The molecule has 0 aliphatic heterocycles. The number of rotatable bonds is 10. The molecule has 0 amide bonds. The third kappa shape index (κ3) is 5.69. The van der Waals surface area contributed by atoms with Gasteiger partial charge in [0.25, 0.3) is 5.69 Å². The molecule has 0 heterocycles. The summed E-state index contributed by atoms with van der Waals surface area (Å²) in [5.41, 5.74) is -0.131. The first-order chi connectivity index (χ1) is 14.6. The minimum absolute atomic E-state index is 0.0484. The molecule has 31 heavy (non-hydrogen) atoms. The Balaban J connectivity index is 2.39. The molecule has 0 fully saturated rings. The second kappa shape index (κ2) is 10.2. The van der Waals surface area contributed by atoms with E-state index in [-0.39, 0.29) is 28.5 Å². The van der Waals surface area contributed by atoms with E-state index in [1.807, 2.05) is 0 Å². The predicted molar refractivity (Wildman–Crippen MR) is 108 cm³/mol. The number of aliphatic hydroxyl groups is 1. The van der Waals surface area contributed by atoms with Gasteiger partial charge in [0, 0.05) is 12.1 Å². The number of nitrogens with one attached hydrogen (secondary N) is 1. The van der Waals surface area contributed by atoms with Gasteiger partial charge in [0.15, 0.2) is 11.5 Å². The first kappa shape index (κ1) is 24.1. The maximum absolute atomic E-state index is 12.7. The van der Waals surface area contributed by atoms with Crippen molar-refractivity contribution >= 4 is 21.7 Å². The fourth-order valence-electron chi connectivity index (χ4n) is 2.68. The van der Waals surface area contributed by atoms with Gasteiger partial charge in [0.05, 0.1) is 30.6 Å². The first-order valence-electron chi connectivity index (χ1n) is 8.98. The smallest absolute Gasteiger partial charge is 0.327 e. The molecule has 0 aliphatic rings. The van der Waals surface area contributed by atoms with Crippen molar-refractivity contribution in [3.8, 4) is 11.5 Å². The largest absolute Gasteiger partial charge is 0.493 e. The molecule has 11 nitrogen and oxygen atoms in total. The first-order valence-corrected chi connectivity index (χ1v) is 10.5. The van der Waals surface area contributed by atoms with Crippen LogP contribution in [0.3, 0.4) is 0 Å². The number of carbonyl (C=O) groups is 1. The van der Waals surface area contributed by atoms with Crippen LogP contribution in [-0.4, -0.2) is 51.3 Å². The number of carbonyl (C=O) groups excluding carboxylic acids is 1. The van der Waals surface area contributed by atoms with Crippen LogP contribution in [0.5, 0.6) is 11.5 Å². The minimum Gasteiger partial charge on any atom is -0.493 e. The number of methoxy groups -OCH3 is 2. The Morgan fingerprint density at radius 1 is 1.13 bits per heavy atom. The molecule has 2 unspecified atom stereocenters. The Morgan fingerprint density at radius 3 is 2.26 bits per heavy atom. The molecular weight excluding hydrogens is 432 g/mol. The van der Waals surface area contributed by atoms with Crippen molar-refractivity contribution < 1.29 is 37.5 Å². The number of ether oxygens (including phenoxy) is 3. The second-order valence-electron chi connectivity index (χ2n) is 6.16. The van der Waals surface area contributed by atoms with Crippen LogP contribution in [0.1, 0.15) is 18.6 Å². The van der Waals surface area contributed by atoms with Gasteiger partial charge in [-0.05, 0) is 36.8 Å². The highest BCUT2D eigenvalue weighted by Crippen LogP contribution is 2.31. The van der Waals surface area contributed by atoms with Gasteiger partial charge in [-0.15, -0.1) is 0 Å². The average molecular weight is 454 g/mol. The van der Waals surface area contributed by atoms with Gasteiger partial charge in [-0.1, -0.05) is 6.07 Å².